The van der Waals surface area contributed by atoms with Crippen molar-refractivity contribution < 1.29 is 14.8 Å². The molecule has 0 fully saturated rings. The molecule has 1 aromatic heterocycles. The van der Waals surface area contributed by atoms with Gasteiger partial charge in [-0.1, -0.05) is 30.3 Å². The second-order valence-electron chi connectivity index (χ2n) is 4.66. The molecule has 108 valence electrons. The first-order chi connectivity index (χ1) is 10.1. The van der Waals surface area contributed by atoms with Crippen LogP contribution in [0.2, 0.25) is 0 Å². The van der Waals surface area contributed by atoms with Gasteiger partial charge in [-0.2, -0.15) is 0 Å². The van der Waals surface area contributed by atoms with Gasteiger partial charge in [-0.05, 0) is 17.7 Å². The maximum Gasteiger partial charge on any atom is 0.267 e. The van der Waals surface area contributed by atoms with E-state index in [0.717, 1.165) is 5.56 Å². The number of hydrogen-bond donors (Lipinski definition) is 2. The lowest BCUT2D eigenvalue weighted by atomic mass is 10.1. The smallest absolute Gasteiger partial charge is 0.267 e. The third-order valence-corrected chi connectivity index (χ3v) is 3.09. The minimum atomic E-state index is -0.617. The fraction of sp³-hybridized carbons (Fsp3) is 0.125. The highest BCUT2D eigenvalue weighted by atomic mass is 16.5. The molecule has 5 nitrogen and oxygen atoms in total. The van der Waals surface area contributed by atoms with Crippen LogP contribution >= 0.6 is 0 Å². The van der Waals surface area contributed by atoms with Gasteiger partial charge in [-0.15, -0.1) is 0 Å². The largest absolute Gasteiger partial charge is 0.350 e. The number of hydrogen-bond acceptors (Lipinski definition) is 3. The molecule has 2 N–H and O–H groups in total. The van der Waals surface area contributed by atoms with Crippen molar-refractivity contribution >= 4 is 17.8 Å². The number of hydroxylamine groups is 1. The third-order valence-electron chi connectivity index (χ3n) is 3.09. The molecule has 0 aliphatic rings. The molecule has 1 heterocycles. The maximum atomic E-state index is 12.2. The van der Waals surface area contributed by atoms with E-state index in [2.05, 4.69) is 0 Å². The molecule has 1 aromatic carbocycles. The van der Waals surface area contributed by atoms with Gasteiger partial charge in [0.1, 0.15) is 0 Å². The minimum Gasteiger partial charge on any atom is -0.350 e. The van der Waals surface area contributed by atoms with E-state index >= 15 is 0 Å². The van der Waals surface area contributed by atoms with Crippen LogP contribution in [0, 0.1) is 0 Å². The Morgan fingerprint density at radius 3 is 2.67 bits per heavy atom. The van der Waals surface area contributed by atoms with Crippen molar-refractivity contribution in [3.8, 4) is 0 Å². The zero-order valence-corrected chi connectivity index (χ0v) is 11.6. The quantitative estimate of drug-likeness (QED) is 0.381. The Balaban J connectivity index is 2.12. The van der Waals surface area contributed by atoms with E-state index in [-0.39, 0.29) is 5.78 Å². The number of aromatic nitrogens is 1. The Labute approximate surface area is 122 Å². The van der Waals surface area contributed by atoms with E-state index in [1.165, 1.54) is 17.6 Å². The van der Waals surface area contributed by atoms with Crippen LogP contribution < -0.4 is 5.48 Å². The normalized spacial score (nSPS) is 10.8. The van der Waals surface area contributed by atoms with Crippen molar-refractivity contribution in [3.05, 3.63) is 65.5 Å². The van der Waals surface area contributed by atoms with E-state index in [4.69, 9.17) is 5.21 Å². The first-order valence-electron chi connectivity index (χ1n) is 6.46. The molecule has 0 bridgehead atoms. The average molecular weight is 284 g/mol. The lowest BCUT2D eigenvalue weighted by Gasteiger charge is -1.98. The molecule has 2 aromatic rings. The number of nitrogens with one attached hydrogen (secondary N) is 1. The highest BCUT2D eigenvalue weighted by Crippen LogP contribution is 2.12. The van der Waals surface area contributed by atoms with Crippen LogP contribution in [0.3, 0.4) is 0 Å². The summed E-state index contributed by atoms with van der Waals surface area (Å²) in [5.41, 5.74) is 3.77. The Bertz CT molecular complexity index is 672. The second kappa shape index (κ2) is 6.67. The Kier molecular flexibility index (Phi) is 4.68. The maximum absolute atomic E-state index is 12.2. The topological polar surface area (TPSA) is 71.3 Å². The number of nitrogens with zero attached hydrogens (tertiary/aromatic N) is 1. The molecule has 0 atom stereocenters. The van der Waals surface area contributed by atoms with Crippen molar-refractivity contribution in [1.29, 1.82) is 0 Å². The van der Waals surface area contributed by atoms with E-state index < -0.39 is 5.91 Å². The molecule has 0 aliphatic carbocycles. The SMILES string of the molecule is Cn1cc(C(=O)Cc2ccccc2)cc1/C=C/C(=O)NO. The van der Waals surface area contributed by atoms with Gasteiger partial charge in [0.05, 0.1) is 0 Å². The van der Waals surface area contributed by atoms with Gasteiger partial charge in [0.25, 0.3) is 5.91 Å². The summed E-state index contributed by atoms with van der Waals surface area (Å²) < 4.78 is 1.75. The fourth-order valence-corrected chi connectivity index (χ4v) is 1.98. The zero-order chi connectivity index (χ0) is 15.2. The molecular weight excluding hydrogens is 268 g/mol. The van der Waals surface area contributed by atoms with Gasteiger partial charge >= 0.3 is 0 Å². The first-order valence-corrected chi connectivity index (χ1v) is 6.46. The summed E-state index contributed by atoms with van der Waals surface area (Å²) in [7, 11) is 1.79. The van der Waals surface area contributed by atoms with Gasteiger partial charge in [-0.25, -0.2) is 5.48 Å². The molecule has 0 spiro atoms. The van der Waals surface area contributed by atoms with E-state index in [1.54, 1.807) is 23.9 Å². The van der Waals surface area contributed by atoms with Gasteiger partial charge in [0.2, 0.25) is 0 Å². The van der Waals surface area contributed by atoms with Crippen molar-refractivity contribution in [2.24, 2.45) is 7.05 Å². The second-order valence-corrected chi connectivity index (χ2v) is 4.66. The number of rotatable bonds is 5. The minimum absolute atomic E-state index is 0.0167. The number of ketones is 1. The molecule has 1 amide bonds. The molecule has 21 heavy (non-hydrogen) atoms. The molecule has 0 saturated carbocycles. The standard InChI is InChI=1S/C16H16N2O3/c1-18-11-13(10-14(18)7-8-16(20)17-21)15(19)9-12-5-3-2-4-6-12/h2-8,10-11,21H,9H2,1H3,(H,17,20)/b8-7+. The lowest BCUT2D eigenvalue weighted by molar-refractivity contribution is -0.124. The molecular formula is C16H16N2O3. The Morgan fingerprint density at radius 2 is 2.00 bits per heavy atom. The predicted octanol–water partition coefficient (Wildman–Crippen LogP) is 1.97. The number of amides is 1. The summed E-state index contributed by atoms with van der Waals surface area (Å²) in [5.74, 6) is -0.601. The number of carbonyl (C=O) groups is 2. The number of carbonyl (C=O) groups excluding carboxylic acids is 2. The summed E-state index contributed by atoms with van der Waals surface area (Å²) >= 11 is 0. The Hall–Kier alpha value is -2.66. The van der Waals surface area contributed by atoms with Crippen LogP contribution in [0.4, 0.5) is 0 Å². The summed E-state index contributed by atoms with van der Waals surface area (Å²) in [5, 5.41) is 8.43. The van der Waals surface area contributed by atoms with E-state index in [9.17, 15) is 9.59 Å². The van der Waals surface area contributed by atoms with Gasteiger partial charge in [0.15, 0.2) is 5.78 Å². The molecule has 5 heteroatoms. The number of benzene rings is 1. The van der Waals surface area contributed by atoms with Crippen LogP contribution in [0.1, 0.15) is 21.6 Å². The van der Waals surface area contributed by atoms with Crippen LogP contribution in [0.5, 0.6) is 0 Å². The van der Waals surface area contributed by atoms with Crippen LogP contribution in [-0.4, -0.2) is 21.5 Å². The Morgan fingerprint density at radius 1 is 1.29 bits per heavy atom. The van der Waals surface area contributed by atoms with E-state index in [0.29, 0.717) is 17.7 Å². The summed E-state index contributed by atoms with van der Waals surface area (Å²) in [6.45, 7) is 0. The molecule has 0 unspecified atom stereocenters. The van der Waals surface area contributed by atoms with Gasteiger partial charge in [0, 0.05) is 37.0 Å². The summed E-state index contributed by atoms with van der Waals surface area (Å²) in [4.78, 5) is 23.2. The van der Waals surface area contributed by atoms with Crippen LogP contribution in [0.25, 0.3) is 6.08 Å². The average Bonchev–Trinajstić information content (AvgIpc) is 2.87. The van der Waals surface area contributed by atoms with E-state index in [1.807, 2.05) is 30.3 Å². The monoisotopic (exact) mass is 284 g/mol. The predicted molar refractivity (Wildman–Crippen MR) is 78.9 cm³/mol. The summed E-state index contributed by atoms with van der Waals surface area (Å²) in [6.07, 6.45) is 4.79. The zero-order valence-electron chi connectivity index (χ0n) is 11.6. The summed E-state index contributed by atoms with van der Waals surface area (Å²) in [6, 6.07) is 11.2. The highest BCUT2D eigenvalue weighted by molar-refractivity contribution is 5.98. The van der Waals surface area contributed by atoms with Crippen molar-refractivity contribution in [2.45, 2.75) is 6.42 Å². The van der Waals surface area contributed by atoms with Crippen LogP contribution in [-0.2, 0) is 18.3 Å². The van der Waals surface area contributed by atoms with Crippen molar-refractivity contribution in [2.75, 3.05) is 0 Å². The van der Waals surface area contributed by atoms with Crippen molar-refractivity contribution in [1.82, 2.24) is 10.0 Å². The molecule has 0 saturated heterocycles. The van der Waals surface area contributed by atoms with Gasteiger partial charge in [-0.3, -0.25) is 14.8 Å². The molecule has 0 aliphatic heterocycles. The third kappa shape index (κ3) is 3.90. The number of aryl methyl sites for hydroxylation is 1. The fourth-order valence-electron chi connectivity index (χ4n) is 1.98. The first kappa shape index (κ1) is 14.7. The lowest BCUT2D eigenvalue weighted by Crippen LogP contribution is -2.14. The highest BCUT2D eigenvalue weighted by Gasteiger charge is 2.10. The number of Topliss-reactive ketones (excluding diaryl/α,β-unsaturated/α-hetero) is 1. The van der Waals surface area contributed by atoms with Gasteiger partial charge < -0.3 is 4.57 Å². The van der Waals surface area contributed by atoms with Crippen LogP contribution in [0.15, 0.2) is 48.7 Å². The molecule has 0 radical (unpaired) electrons. The molecule has 2 rings (SSSR count). The van der Waals surface area contributed by atoms with Crippen molar-refractivity contribution in [3.63, 3.8) is 0 Å².